The van der Waals surface area contributed by atoms with Gasteiger partial charge in [0.2, 0.25) is 0 Å². The molecule has 0 saturated heterocycles. The lowest BCUT2D eigenvalue weighted by molar-refractivity contribution is 0.0477. The number of amides is 1. The molecular formula is C19H36IN3O2. The average molecular weight is 465 g/mol. The molecule has 0 aliphatic heterocycles. The number of carbonyl (C=O) groups is 1. The first kappa shape index (κ1) is 21.2. The van der Waals surface area contributed by atoms with Gasteiger partial charge < -0.3 is 15.4 Å². The molecule has 2 rings (SSSR count). The van der Waals surface area contributed by atoms with E-state index in [4.69, 9.17) is 4.74 Å². The molecule has 0 aromatic carbocycles. The van der Waals surface area contributed by atoms with Crippen molar-refractivity contribution in [2.24, 2.45) is 0 Å². The quantitative estimate of drug-likeness (QED) is 0.310. The standard InChI is InChI=1S/C19H36IN3O2/c1-19(2,3)25-18(24)22-16-7-9-17(10-8-16)23(14-11-20)13-4-12-21-15-5-6-15/h15-17,21H,4-14H2,1-3H3,(H,22,24). The minimum Gasteiger partial charge on any atom is -0.444 e. The van der Waals surface area contributed by atoms with Crippen LogP contribution in [0.1, 0.15) is 65.7 Å². The summed E-state index contributed by atoms with van der Waals surface area (Å²) in [5, 5.41) is 6.66. The average Bonchev–Trinajstić information content (AvgIpc) is 3.33. The van der Waals surface area contributed by atoms with Crippen LogP contribution >= 0.6 is 22.6 Å². The highest BCUT2D eigenvalue weighted by Gasteiger charge is 2.27. The van der Waals surface area contributed by atoms with Crippen molar-refractivity contribution in [2.75, 3.05) is 24.1 Å². The number of nitrogens with zero attached hydrogens (tertiary/aromatic N) is 1. The van der Waals surface area contributed by atoms with Gasteiger partial charge in [-0.3, -0.25) is 4.90 Å². The zero-order chi connectivity index (χ0) is 18.3. The maximum atomic E-state index is 11.9. The van der Waals surface area contributed by atoms with Gasteiger partial charge in [-0.05, 0) is 78.8 Å². The number of ether oxygens (including phenoxy) is 1. The monoisotopic (exact) mass is 465 g/mol. The molecule has 146 valence electrons. The van der Waals surface area contributed by atoms with Gasteiger partial charge in [0, 0.05) is 29.1 Å². The molecule has 0 bridgehead atoms. The van der Waals surface area contributed by atoms with Gasteiger partial charge in [0.05, 0.1) is 0 Å². The van der Waals surface area contributed by atoms with Gasteiger partial charge in [-0.15, -0.1) is 0 Å². The molecule has 0 heterocycles. The van der Waals surface area contributed by atoms with Crippen molar-refractivity contribution in [3.63, 3.8) is 0 Å². The van der Waals surface area contributed by atoms with E-state index in [2.05, 4.69) is 38.1 Å². The first-order chi connectivity index (χ1) is 11.9. The van der Waals surface area contributed by atoms with Crippen molar-refractivity contribution in [1.82, 2.24) is 15.5 Å². The van der Waals surface area contributed by atoms with Crippen LogP contribution in [0.25, 0.3) is 0 Å². The molecule has 2 saturated carbocycles. The third kappa shape index (κ3) is 8.91. The number of nitrogens with one attached hydrogen (secondary N) is 2. The summed E-state index contributed by atoms with van der Waals surface area (Å²) in [5.41, 5.74) is -0.424. The van der Waals surface area contributed by atoms with Crippen LogP contribution in [-0.2, 0) is 4.74 Å². The number of alkyl halides is 1. The Hall–Kier alpha value is -0.0800. The molecule has 0 aromatic heterocycles. The number of carbonyl (C=O) groups excluding carboxylic acids is 1. The number of halogens is 1. The van der Waals surface area contributed by atoms with Gasteiger partial charge in [-0.2, -0.15) is 0 Å². The zero-order valence-corrected chi connectivity index (χ0v) is 18.3. The number of hydrogen-bond donors (Lipinski definition) is 2. The Kier molecular flexibility index (Phi) is 8.75. The molecule has 1 amide bonds. The van der Waals surface area contributed by atoms with E-state index in [1.807, 2.05) is 20.8 Å². The minimum absolute atomic E-state index is 0.268. The van der Waals surface area contributed by atoms with E-state index < -0.39 is 5.60 Å². The first-order valence-electron chi connectivity index (χ1n) is 9.90. The van der Waals surface area contributed by atoms with Crippen LogP contribution in [0, 0.1) is 0 Å². The molecule has 2 aliphatic rings. The summed E-state index contributed by atoms with van der Waals surface area (Å²) < 4.78 is 6.56. The van der Waals surface area contributed by atoms with E-state index in [-0.39, 0.29) is 12.1 Å². The lowest BCUT2D eigenvalue weighted by Gasteiger charge is -2.37. The lowest BCUT2D eigenvalue weighted by atomic mass is 9.90. The van der Waals surface area contributed by atoms with Gasteiger partial charge in [-0.1, -0.05) is 22.6 Å². The molecule has 2 aliphatic carbocycles. The van der Waals surface area contributed by atoms with E-state index in [1.165, 1.54) is 49.6 Å². The number of alkyl carbamates (subject to hydrolysis) is 1. The van der Waals surface area contributed by atoms with E-state index in [1.54, 1.807) is 0 Å². The Bertz CT molecular complexity index is 402. The molecule has 2 N–H and O–H groups in total. The summed E-state index contributed by atoms with van der Waals surface area (Å²) in [5.74, 6) is 0. The second kappa shape index (κ2) is 10.3. The van der Waals surface area contributed by atoms with E-state index >= 15 is 0 Å². The van der Waals surface area contributed by atoms with E-state index in [0.717, 1.165) is 25.4 Å². The predicted octanol–water partition coefficient (Wildman–Crippen LogP) is 3.70. The number of rotatable bonds is 9. The SMILES string of the molecule is CC(C)(C)OC(=O)NC1CCC(N(CCI)CCCNC2CC2)CC1. The first-order valence-corrected chi connectivity index (χ1v) is 11.4. The van der Waals surface area contributed by atoms with Crippen LogP contribution in [0.5, 0.6) is 0 Å². The number of hydrogen-bond acceptors (Lipinski definition) is 4. The van der Waals surface area contributed by atoms with Crippen molar-refractivity contribution in [3.8, 4) is 0 Å². The van der Waals surface area contributed by atoms with Gasteiger partial charge in [0.1, 0.15) is 5.60 Å². The molecule has 0 atom stereocenters. The van der Waals surface area contributed by atoms with Crippen molar-refractivity contribution >= 4 is 28.7 Å². The largest absolute Gasteiger partial charge is 0.444 e. The molecule has 5 nitrogen and oxygen atoms in total. The summed E-state index contributed by atoms with van der Waals surface area (Å²) in [6, 6.07) is 1.75. The maximum Gasteiger partial charge on any atom is 0.407 e. The Labute approximate surface area is 167 Å². The van der Waals surface area contributed by atoms with Gasteiger partial charge >= 0.3 is 6.09 Å². The van der Waals surface area contributed by atoms with Gasteiger partial charge in [0.15, 0.2) is 0 Å². The van der Waals surface area contributed by atoms with Crippen LogP contribution in [-0.4, -0.2) is 58.8 Å². The molecule has 0 spiro atoms. The van der Waals surface area contributed by atoms with Gasteiger partial charge in [0.25, 0.3) is 0 Å². The van der Waals surface area contributed by atoms with Crippen LogP contribution in [0.4, 0.5) is 4.79 Å². The third-order valence-corrected chi connectivity index (χ3v) is 5.42. The molecule has 25 heavy (non-hydrogen) atoms. The molecular weight excluding hydrogens is 429 g/mol. The molecule has 0 unspecified atom stereocenters. The lowest BCUT2D eigenvalue weighted by Crippen LogP contribution is -2.46. The molecule has 0 radical (unpaired) electrons. The summed E-state index contributed by atoms with van der Waals surface area (Å²) >= 11 is 2.48. The second-order valence-corrected chi connectivity index (χ2v) is 9.54. The topological polar surface area (TPSA) is 53.6 Å². The van der Waals surface area contributed by atoms with E-state index in [0.29, 0.717) is 6.04 Å². The van der Waals surface area contributed by atoms with Crippen molar-refractivity contribution in [1.29, 1.82) is 0 Å². The predicted molar refractivity (Wildman–Crippen MR) is 112 cm³/mol. The fourth-order valence-corrected chi connectivity index (χ4v) is 4.14. The normalized spacial score (nSPS) is 24.4. The summed E-state index contributed by atoms with van der Waals surface area (Å²) in [6.07, 6.45) is 8.16. The second-order valence-electron chi connectivity index (χ2n) is 8.46. The zero-order valence-electron chi connectivity index (χ0n) is 16.2. The van der Waals surface area contributed by atoms with E-state index in [9.17, 15) is 4.79 Å². The Balaban J connectivity index is 1.67. The Morgan fingerprint density at radius 2 is 1.72 bits per heavy atom. The van der Waals surface area contributed by atoms with Crippen molar-refractivity contribution < 1.29 is 9.53 Å². The van der Waals surface area contributed by atoms with Crippen LogP contribution in [0.2, 0.25) is 0 Å². The summed E-state index contributed by atoms with van der Waals surface area (Å²) in [7, 11) is 0. The van der Waals surface area contributed by atoms with Crippen LogP contribution in [0.15, 0.2) is 0 Å². The van der Waals surface area contributed by atoms with Crippen molar-refractivity contribution in [2.45, 2.75) is 89.4 Å². The fourth-order valence-electron chi connectivity index (χ4n) is 3.52. The molecule has 6 heteroatoms. The smallest absolute Gasteiger partial charge is 0.407 e. The highest BCUT2D eigenvalue weighted by Crippen LogP contribution is 2.24. The highest BCUT2D eigenvalue weighted by atomic mass is 127. The summed E-state index contributed by atoms with van der Waals surface area (Å²) in [4.78, 5) is 14.6. The maximum absolute atomic E-state index is 11.9. The highest BCUT2D eigenvalue weighted by molar-refractivity contribution is 14.1. The fraction of sp³-hybridized carbons (Fsp3) is 0.947. The van der Waals surface area contributed by atoms with Gasteiger partial charge in [-0.25, -0.2) is 4.79 Å². The third-order valence-electron chi connectivity index (χ3n) is 4.94. The molecule has 0 aromatic rings. The minimum atomic E-state index is -0.424. The molecule has 2 fully saturated rings. The Morgan fingerprint density at radius 1 is 1.08 bits per heavy atom. The van der Waals surface area contributed by atoms with Crippen LogP contribution in [0.3, 0.4) is 0 Å². The van der Waals surface area contributed by atoms with Crippen LogP contribution < -0.4 is 10.6 Å². The summed E-state index contributed by atoms with van der Waals surface area (Å²) in [6.45, 7) is 9.24. The Morgan fingerprint density at radius 3 is 2.28 bits per heavy atom. The van der Waals surface area contributed by atoms with Crippen molar-refractivity contribution in [3.05, 3.63) is 0 Å².